The Balaban J connectivity index is 0.00000741. The van der Waals surface area contributed by atoms with Crippen LogP contribution in [-0.4, -0.2) is 133 Å². The van der Waals surface area contributed by atoms with E-state index in [1.165, 1.54) is 28.0 Å². The maximum atomic E-state index is 14.6. The molecule has 0 bridgehead atoms. The first-order valence-electron chi connectivity index (χ1n) is 25.0. The Morgan fingerprint density at radius 2 is 0.867 bits per heavy atom. The first-order valence-corrected chi connectivity index (χ1v) is 25.0. The minimum Gasteiger partial charge on any atom is -0.399 e. The second-order valence-electron chi connectivity index (χ2n) is 21.6. The van der Waals surface area contributed by atoms with Crippen molar-refractivity contribution in [2.24, 2.45) is 10.8 Å². The van der Waals surface area contributed by atoms with Gasteiger partial charge in [-0.25, -0.2) is 0 Å². The normalized spacial score (nSPS) is 19.8. The Kier molecular flexibility index (Phi) is 22.7. The highest BCUT2D eigenvalue weighted by Gasteiger charge is 2.47. The summed E-state index contributed by atoms with van der Waals surface area (Å²) in [5.41, 5.74) is 6.66. The number of carbonyl (C=O) groups is 8. The van der Waals surface area contributed by atoms with Gasteiger partial charge in [-0.1, -0.05) is 102 Å². The van der Waals surface area contributed by atoms with E-state index in [0.29, 0.717) is 0 Å². The van der Waals surface area contributed by atoms with Crippen LogP contribution in [0.5, 0.6) is 0 Å². The molecule has 2 fully saturated rings. The molecule has 3 aromatic rings. The molecule has 2 aliphatic rings. The number of nitrogen functional groups attached to an aromatic ring is 1. The van der Waals surface area contributed by atoms with Gasteiger partial charge in [0.1, 0.15) is 24.2 Å². The third-order valence-corrected chi connectivity index (χ3v) is 13.7. The van der Waals surface area contributed by atoms with E-state index < -0.39 is 119 Å². The van der Waals surface area contributed by atoms with E-state index in [4.69, 9.17) is 5.73 Å². The van der Waals surface area contributed by atoms with E-state index in [0.717, 1.165) is 11.1 Å². The van der Waals surface area contributed by atoms with Gasteiger partial charge in [-0.15, -0.1) is 24.8 Å². The number of nitrogens with two attached hydrogens (primary N) is 1. The maximum Gasteiger partial charge on any atom is 0.251 e. The number of nitrogens with one attached hydrogen (secondary N) is 8. The molecular weight excluding hydrogens is 1000 g/mol. The van der Waals surface area contributed by atoms with Gasteiger partial charge in [0.15, 0.2) is 0 Å². The third kappa shape index (κ3) is 16.4. The molecule has 5 rings (SSSR count). The zero-order valence-corrected chi connectivity index (χ0v) is 46.8. The van der Waals surface area contributed by atoms with E-state index in [9.17, 15) is 38.4 Å². The summed E-state index contributed by atoms with van der Waals surface area (Å²) in [6.45, 7) is 17.8. The third-order valence-electron chi connectivity index (χ3n) is 13.7. The van der Waals surface area contributed by atoms with Crippen molar-refractivity contribution in [3.05, 3.63) is 101 Å². The number of benzene rings is 3. The summed E-state index contributed by atoms with van der Waals surface area (Å²) < 4.78 is 0. The quantitative estimate of drug-likeness (QED) is 0.0833. The molecule has 21 heteroatoms. The van der Waals surface area contributed by atoms with Gasteiger partial charge in [0.05, 0.1) is 24.2 Å². The Morgan fingerprint density at radius 3 is 1.17 bits per heavy atom. The molecule has 2 heterocycles. The molecule has 8 amide bonds. The molecule has 412 valence electrons. The lowest BCUT2D eigenvalue weighted by Crippen LogP contribution is -2.59. The van der Waals surface area contributed by atoms with Gasteiger partial charge in [0.25, 0.3) is 11.8 Å². The van der Waals surface area contributed by atoms with Crippen molar-refractivity contribution >= 4 is 77.8 Å². The number of likely N-dealkylation sites (tertiary alicyclic amines) is 2. The molecule has 0 aliphatic carbocycles. The highest BCUT2D eigenvalue weighted by Crippen LogP contribution is 2.30. The molecule has 0 spiro atoms. The molecule has 75 heavy (non-hydrogen) atoms. The molecule has 2 aliphatic heterocycles. The largest absolute Gasteiger partial charge is 0.399 e. The van der Waals surface area contributed by atoms with E-state index in [2.05, 4.69) is 42.5 Å². The zero-order chi connectivity index (χ0) is 54.1. The van der Waals surface area contributed by atoms with Crippen LogP contribution in [-0.2, 0) is 28.8 Å². The van der Waals surface area contributed by atoms with Gasteiger partial charge in [0, 0.05) is 42.0 Å². The smallest absolute Gasteiger partial charge is 0.251 e. The lowest BCUT2D eigenvalue weighted by Gasteiger charge is -2.36. The molecule has 3 aromatic carbocycles. The number of amides is 8. The SMILES string of the molecule is CN[C@@H](C)C(=O)N[C@@H](C(=O)N1C[C@@H](NC(=O)c2cc(N)cc(C(=O)N[C@H]3C[C@@H](C(=O)NC(C)c4ccccc4)N(C(=O)[C@H](NC(=O)[C@H](C)NC)C(C)(C)C)C3)c2)CC1C(=O)NC(C)c1ccccc1)C(C)(C)C.Cl.Cl. The lowest BCUT2D eigenvalue weighted by atomic mass is 9.85. The van der Waals surface area contributed by atoms with Crippen molar-refractivity contribution in [2.45, 2.75) is 142 Å². The summed E-state index contributed by atoms with van der Waals surface area (Å²) in [7, 11) is 3.27. The fraction of sp³-hybridized carbons (Fsp3) is 0.519. The highest BCUT2D eigenvalue weighted by atomic mass is 35.5. The minimum absolute atomic E-state index is 0. The molecule has 3 unspecified atom stereocenters. The van der Waals surface area contributed by atoms with E-state index in [-0.39, 0.29) is 67.6 Å². The highest BCUT2D eigenvalue weighted by molar-refractivity contribution is 6.02. The average molecular weight is 1080 g/mol. The summed E-state index contributed by atoms with van der Waals surface area (Å²) in [5, 5.41) is 23.5. The Morgan fingerprint density at radius 1 is 0.533 bits per heavy atom. The van der Waals surface area contributed by atoms with Gasteiger partial charge in [-0.05, 0) is 94.8 Å². The molecule has 10 N–H and O–H groups in total. The summed E-state index contributed by atoms with van der Waals surface area (Å²) >= 11 is 0. The molecule has 0 aromatic heterocycles. The summed E-state index contributed by atoms with van der Waals surface area (Å²) in [4.78, 5) is 115. The van der Waals surface area contributed by atoms with E-state index >= 15 is 0 Å². The Hall–Kier alpha value is -6.28. The predicted octanol–water partition coefficient (Wildman–Crippen LogP) is 3.54. The van der Waals surface area contributed by atoms with Crippen LogP contribution in [0.4, 0.5) is 5.69 Å². The Labute approximate surface area is 454 Å². The van der Waals surface area contributed by atoms with Gasteiger partial charge >= 0.3 is 0 Å². The lowest BCUT2D eigenvalue weighted by molar-refractivity contribution is -0.144. The number of halogens is 2. The standard InChI is InChI=1S/C54H77N11O8.2ClH/c1-30(34-19-15-13-16-20-34)58-49(70)41-26-39(28-64(41)51(72)43(53(5,6)7)62-45(66)32(3)56-11)60-47(68)36-23-37(25-38(55)24-36)48(69)61-40-27-42(50(71)59-31(2)35-21-17-14-18-22-35)65(29-40)52(73)44(54(8,9)10)63-46(67)33(4)57-12;;/h13-25,30-33,39-44,56-57H,26-29,55H2,1-12H3,(H,58,70)(H,59,71)(H,60,68)(H,61,69)(H,62,66)(H,63,67);2*1H/t30?,31?,32-,33-,39-,40-,41-,42?,43-,44-;;/m0../s1. The van der Waals surface area contributed by atoms with Crippen LogP contribution >= 0.6 is 24.8 Å². The van der Waals surface area contributed by atoms with Gasteiger partial charge in [-0.2, -0.15) is 0 Å². The van der Waals surface area contributed by atoms with Crippen LogP contribution in [0.15, 0.2) is 78.9 Å². The minimum atomic E-state index is -1.03. The van der Waals surface area contributed by atoms with Gasteiger partial charge in [-0.3, -0.25) is 38.4 Å². The van der Waals surface area contributed by atoms with E-state index in [1.807, 2.05) is 116 Å². The van der Waals surface area contributed by atoms with Crippen LogP contribution in [0.2, 0.25) is 0 Å². The fourth-order valence-electron chi connectivity index (χ4n) is 9.01. The molecular formula is C54H79Cl2N11O8. The van der Waals surface area contributed by atoms with Crippen LogP contribution in [0, 0.1) is 10.8 Å². The van der Waals surface area contributed by atoms with Crippen LogP contribution in [0.25, 0.3) is 0 Å². The number of hydrogen-bond donors (Lipinski definition) is 9. The van der Waals surface area contributed by atoms with Crippen molar-refractivity contribution in [1.82, 2.24) is 52.3 Å². The first kappa shape index (κ1) is 63.0. The molecule has 0 radical (unpaired) electrons. The number of hydrogen-bond acceptors (Lipinski definition) is 11. The fourth-order valence-corrected chi connectivity index (χ4v) is 9.01. The molecule has 19 nitrogen and oxygen atoms in total. The summed E-state index contributed by atoms with van der Waals surface area (Å²) in [6, 6.07) is 15.3. The van der Waals surface area contributed by atoms with Gasteiger partial charge < -0.3 is 58.1 Å². The topological polar surface area (TPSA) is 265 Å². The maximum absolute atomic E-state index is 14.6. The second kappa shape index (κ2) is 27.0. The van der Waals surface area contributed by atoms with Crippen molar-refractivity contribution < 1.29 is 38.4 Å². The van der Waals surface area contributed by atoms with Crippen LogP contribution in [0.3, 0.4) is 0 Å². The van der Waals surface area contributed by atoms with Crippen molar-refractivity contribution in [1.29, 1.82) is 0 Å². The number of anilines is 1. The number of carbonyl (C=O) groups excluding carboxylic acids is 8. The number of rotatable bonds is 18. The predicted molar refractivity (Wildman–Crippen MR) is 294 cm³/mol. The summed E-state index contributed by atoms with van der Waals surface area (Å²) in [6.07, 6.45) is 0.0878. The molecule has 10 atom stereocenters. The monoisotopic (exact) mass is 1080 g/mol. The Bertz CT molecular complexity index is 2320. The number of likely N-dealkylation sites (N-methyl/N-ethyl adjacent to an activating group) is 2. The number of nitrogens with zero attached hydrogens (tertiary/aromatic N) is 2. The van der Waals surface area contributed by atoms with Crippen LogP contribution < -0.4 is 48.3 Å². The van der Waals surface area contributed by atoms with Crippen molar-refractivity contribution in [2.75, 3.05) is 32.9 Å². The first-order chi connectivity index (χ1) is 34.2. The van der Waals surface area contributed by atoms with Crippen molar-refractivity contribution in [3.63, 3.8) is 0 Å². The van der Waals surface area contributed by atoms with Gasteiger partial charge in [0.2, 0.25) is 35.4 Å². The van der Waals surface area contributed by atoms with Crippen molar-refractivity contribution in [3.8, 4) is 0 Å². The molecule has 2 saturated heterocycles. The zero-order valence-electron chi connectivity index (χ0n) is 45.2. The summed E-state index contributed by atoms with van der Waals surface area (Å²) in [5.74, 6) is -3.89. The molecule has 0 saturated carbocycles. The van der Waals surface area contributed by atoms with Crippen LogP contribution in [0.1, 0.15) is 126 Å². The second-order valence-corrected chi connectivity index (χ2v) is 21.6. The average Bonchev–Trinajstić information content (AvgIpc) is 3.98. The van der Waals surface area contributed by atoms with E-state index in [1.54, 1.807) is 27.9 Å².